The van der Waals surface area contributed by atoms with Gasteiger partial charge in [-0.1, -0.05) is 0 Å². The normalized spacial score (nSPS) is 31.1. The molecule has 0 amide bonds. The first-order valence-corrected chi connectivity index (χ1v) is 5.59. The molecule has 14 heavy (non-hydrogen) atoms. The van der Waals surface area contributed by atoms with Gasteiger partial charge in [0.25, 0.3) is 0 Å². The molecule has 2 atom stereocenters. The van der Waals surface area contributed by atoms with E-state index in [1.807, 2.05) is 0 Å². The van der Waals surface area contributed by atoms with E-state index in [2.05, 4.69) is 0 Å². The zero-order valence-corrected chi connectivity index (χ0v) is 8.55. The fourth-order valence-corrected chi connectivity index (χ4v) is 1.54. The number of rotatable bonds is 2. The lowest BCUT2D eigenvalue weighted by Crippen LogP contribution is -2.27. The zero-order chi connectivity index (χ0) is 10.6. The van der Waals surface area contributed by atoms with Crippen LogP contribution in [0.1, 0.15) is 6.42 Å². The first-order chi connectivity index (χ1) is 6.58. The molecule has 5 nitrogen and oxygen atoms in total. The van der Waals surface area contributed by atoms with E-state index in [-0.39, 0.29) is 6.54 Å². The van der Waals surface area contributed by atoms with E-state index in [0.717, 1.165) is 5.06 Å². The Labute approximate surface area is 85.3 Å². The zero-order valence-electron chi connectivity index (χ0n) is 7.65. The van der Waals surface area contributed by atoms with Gasteiger partial charge in [-0.05, 0) is 18.3 Å². The third-order valence-electron chi connectivity index (χ3n) is 1.85. The van der Waals surface area contributed by atoms with Crippen LogP contribution in [-0.2, 0) is 4.74 Å². The topological polar surface area (TPSA) is 73.2 Å². The fourth-order valence-electron chi connectivity index (χ4n) is 1.19. The van der Waals surface area contributed by atoms with Crippen molar-refractivity contribution in [1.29, 1.82) is 0 Å². The summed E-state index contributed by atoms with van der Waals surface area (Å²) in [6.45, 7) is 0.742. The van der Waals surface area contributed by atoms with Crippen molar-refractivity contribution in [3.63, 3.8) is 0 Å². The SMILES string of the molecule is [B]C1CCN(O)CC(/C=C/P(O)O)O1. The second-order valence-electron chi connectivity index (χ2n) is 3.08. The molecule has 2 unspecified atom stereocenters. The highest BCUT2D eigenvalue weighted by Gasteiger charge is 2.19. The first kappa shape index (κ1) is 12.1. The maximum Gasteiger partial charge on any atom is 0.191 e. The molecule has 78 valence electrons. The van der Waals surface area contributed by atoms with E-state index in [4.69, 9.17) is 22.4 Å². The van der Waals surface area contributed by atoms with Gasteiger partial charge in [-0.25, -0.2) is 0 Å². The Morgan fingerprint density at radius 2 is 2.21 bits per heavy atom. The lowest BCUT2D eigenvalue weighted by atomic mass is 9.97. The van der Waals surface area contributed by atoms with Crippen molar-refractivity contribution in [2.24, 2.45) is 0 Å². The van der Waals surface area contributed by atoms with Gasteiger partial charge < -0.3 is 19.7 Å². The Bertz CT molecular complexity index is 192. The van der Waals surface area contributed by atoms with Crippen LogP contribution in [0, 0.1) is 0 Å². The molecule has 1 heterocycles. The molecule has 1 fully saturated rings. The predicted molar refractivity (Wildman–Crippen MR) is 52.9 cm³/mol. The van der Waals surface area contributed by atoms with E-state index in [1.54, 1.807) is 0 Å². The number of hydroxylamine groups is 2. The molecule has 1 rings (SSSR count). The van der Waals surface area contributed by atoms with Gasteiger partial charge in [0.2, 0.25) is 0 Å². The molecular formula is C7H13BNO4P. The molecule has 0 aromatic heterocycles. The minimum atomic E-state index is -2.06. The summed E-state index contributed by atoms with van der Waals surface area (Å²) in [6, 6.07) is -0.426. The second-order valence-corrected chi connectivity index (χ2v) is 4.02. The molecular weight excluding hydrogens is 204 g/mol. The standard InChI is InChI=1S/C7H13BNO4P/c8-7-1-3-9(10)5-6(13-7)2-4-14(11)12/h2,4,6-7,10-12H,1,3,5H2/b4-2+. The molecule has 1 saturated heterocycles. The maximum absolute atomic E-state index is 9.29. The van der Waals surface area contributed by atoms with Gasteiger partial charge in [0, 0.05) is 12.5 Å². The first-order valence-electron chi connectivity index (χ1n) is 4.28. The van der Waals surface area contributed by atoms with Crippen LogP contribution in [0.5, 0.6) is 0 Å². The molecule has 0 bridgehead atoms. The summed E-state index contributed by atoms with van der Waals surface area (Å²) in [6.07, 6.45) is 1.65. The molecule has 0 aliphatic carbocycles. The minimum Gasteiger partial charge on any atom is -0.379 e. The van der Waals surface area contributed by atoms with Gasteiger partial charge in [0.05, 0.1) is 12.6 Å². The summed E-state index contributed by atoms with van der Waals surface area (Å²) >= 11 is 0. The van der Waals surface area contributed by atoms with Crippen molar-refractivity contribution in [3.8, 4) is 0 Å². The Morgan fingerprint density at radius 1 is 1.50 bits per heavy atom. The van der Waals surface area contributed by atoms with Crippen LogP contribution in [0.25, 0.3) is 0 Å². The van der Waals surface area contributed by atoms with Crippen molar-refractivity contribution >= 4 is 16.2 Å². The molecule has 0 aromatic carbocycles. The summed E-state index contributed by atoms with van der Waals surface area (Å²) in [5.74, 6) is 1.24. The van der Waals surface area contributed by atoms with Crippen molar-refractivity contribution < 1.29 is 19.7 Å². The van der Waals surface area contributed by atoms with E-state index in [0.29, 0.717) is 13.0 Å². The molecule has 3 N–H and O–H groups in total. The molecule has 0 saturated carbocycles. The molecule has 1 aliphatic heterocycles. The van der Waals surface area contributed by atoms with Crippen molar-refractivity contribution in [1.82, 2.24) is 5.06 Å². The van der Waals surface area contributed by atoms with Crippen LogP contribution in [0.15, 0.2) is 11.9 Å². The Hall–Kier alpha value is 0.0349. The summed E-state index contributed by atoms with van der Waals surface area (Å²) in [7, 11) is 3.52. The second kappa shape index (κ2) is 5.80. The highest BCUT2D eigenvalue weighted by atomic mass is 31.2. The molecule has 1 aliphatic rings. The van der Waals surface area contributed by atoms with Crippen LogP contribution >= 0.6 is 8.38 Å². The van der Waals surface area contributed by atoms with Gasteiger partial charge in [-0.2, -0.15) is 5.06 Å². The van der Waals surface area contributed by atoms with Crippen LogP contribution in [0.2, 0.25) is 0 Å². The van der Waals surface area contributed by atoms with Crippen LogP contribution in [-0.4, -0.2) is 53.1 Å². The number of nitrogens with zero attached hydrogens (tertiary/aromatic N) is 1. The van der Waals surface area contributed by atoms with Crippen molar-refractivity contribution in [2.75, 3.05) is 13.1 Å². The van der Waals surface area contributed by atoms with Crippen LogP contribution < -0.4 is 0 Å². The van der Waals surface area contributed by atoms with E-state index < -0.39 is 20.5 Å². The van der Waals surface area contributed by atoms with Gasteiger partial charge in [-0.15, -0.1) is 0 Å². The average molecular weight is 217 g/mol. The Morgan fingerprint density at radius 3 is 2.86 bits per heavy atom. The summed E-state index contributed by atoms with van der Waals surface area (Å²) in [5, 5.41) is 10.4. The van der Waals surface area contributed by atoms with Crippen molar-refractivity contribution in [3.05, 3.63) is 11.9 Å². The van der Waals surface area contributed by atoms with Gasteiger partial charge in [0.1, 0.15) is 7.85 Å². The molecule has 2 radical (unpaired) electrons. The Balaban J connectivity index is 2.49. The van der Waals surface area contributed by atoms with Crippen LogP contribution in [0.4, 0.5) is 0 Å². The quantitative estimate of drug-likeness (QED) is 0.440. The molecule has 7 heteroatoms. The third kappa shape index (κ3) is 4.51. The predicted octanol–water partition coefficient (Wildman–Crippen LogP) is -0.229. The number of ether oxygens (including phenoxy) is 1. The lowest BCUT2D eigenvalue weighted by Gasteiger charge is -2.16. The third-order valence-corrected chi connectivity index (χ3v) is 2.28. The highest BCUT2D eigenvalue weighted by Crippen LogP contribution is 2.25. The van der Waals surface area contributed by atoms with Gasteiger partial charge in [-0.3, -0.25) is 0 Å². The van der Waals surface area contributed by atoms with Crippen LogP contribution in [0.3, 0.4) is 0 Å². The van der Waals surface area contributed by atoms with Gasteiger partial charge in [0.15, 0.2) is 8.38 Å². The number of hydrogen-bond donors (Lipinski definition) is 3. The monoisotopic (exact) mass is 217 g/mol. The molecule has 0 spiro atoms. The minimum absolute atomic E-state index is 0.285. The Kier molecular flexibility index (Phi) is 5.02. The van der Waals surface area contributed by atoms with Gasteiger partial charge >= 0.3 is 0 Å². The van der Waals surface area contributed by atoms with Crippen molar-refractivity contribution in [2.45, 2.75) is 18.5 Å². The lowest BCUT2D eigenvalue weighted by molar-refractivity contribution is -0.0973. The fraction of sp³-hybridized carbons (Fsp3) is 0.714. The largest absolute Gasteiger partial charge is 0.379 e. The highest BCUT2D eigenvalue weighted by molar-refractivity contribution is 7.48. The maximum atomic E-state index is 9.29. The van der Waals surface area contributed by atoms with E-state index >= 15 is 0 Å². The average Bonchev–Trinajstić information content (AvgIpc) is 2.25. The van der Waals surface area contributed by atoms with E-state index in [1.165, 1.54) is 11.9 Å². The summed E-state index contributed by atoms with van der Waals surface area (Å²) < 4.78 is 5.31. The summed E-state index contributed by atoms with van der Waals surface area (Å²) in [5.41, 5.74) is 0. The summed E-state index contributed by atoms with van der Waals surface area (Å²) in [4.78, 5) is 17.3. The van der Waals surface area contributed by atoms with E-state index in [9.17, 15) is 5.21 Å². The smallest absolute Gasteiger partial charge is 0.191 e. The molecule has 0 aromatic rings. The number of hydrogen-bond acceptors (Lipinski definition) is 5.